The summed E-state index contributed by atoms with van der Waals surface area (Å²) >= 11 is 13.3. The van der Waals surface area contributed by atoms with Gasteiger partial charge in [-0.1, -0.05) is 53.5 Å². The van der Waals surface area contributed by atoms with Crippen LogP contribution in [0, 0.1) is 5.82 Å². The van der Waals surface area contributed by atoms with Crippen molar-refractivity contribution in [2.45, 2.75) is 0 Å². The number of nitrogens with zero attached hydrogens (tertiary/aromatic N) is 6. The van der Waals surface area contributed by atoms with E-state index in [2.05, 4.69) is 19.9 Å². The highest BCUT2D eigenvalue weighted by Crippen LogP contribution is 2.42. The number of carbonyl (C=O) groups excluding carboxylic acids is 1. The molecule has 1 fully saturated rings. The number of halogens is 4. The van der Waals surface area contributed by atoms with Gasteiger partial charge in [0, 0.05) is 66.0 Å². The summed E-state index contributed by atoms with van der Waals surface area (Å²) < 4.78 is 36.3. The predicted molar refractivity (Wildman–Crippen MR) is 159 cm³/mol. The van der Waals surface area contributed by atoms with Crippen LogP contribution in [0.1, 0.15) is 5.82 Å². The molecular weight excluding hydrogens is 585 g/mol. The molecule has 8 nitrogen and oxygen atoms in total. The molecule has 212 valence electrons. The maximum atomic E-state index is 16.4. The van der Waals surface area contributed by atoms with Crippen molar-refractivity contribution in [3.63, 3.8) is 0 Å². The lowest BCUT2D eigenvalue weighted by atomic mass is 9.96. The maximum absolute atomic E-state index is 16.4. The molecule has 1 saturated heterocycles. The Bertz CT molecular complexity index is 1860. The van der Waals surface area contributed by atoms with Crippen molar-refractivity contribution in [1.29, 1.82) is 0 Å². The van der Waals surface area contributed by atoms with Crippen molar-refractivity contribution in [3.05, 3.63) is 88.4 Å². The minimum Gasteiger partial charge on any atom is -0.467 e. The van der Waals surface area contributed by atoms with Gasteiger partial charge in [0.1, 0.15) is 11.3 Å². The molecule has 0 N–H and O–H groups in total. The number of hydrogen-bond acceptors (Lipinski definition) is 7. The Hall–Kier alpha value is -4.41. The molecule has 3 aromatic carbocycles. The zero-order valence-corrected chi connectivity index (χ0v) is 23.7. The van der Waals surface area contributed by atoms with Gasteiger partial charge in [-0.25, -0.2) is 18.7 Å². The first kappa shape index (κ1) is 27.7. The van der Waals surface area contributed by atoms with Crippen molar-refractivity contribution in [3.8, 4) is 17.1 Å². The molecule has 42 heavy (non-hydrogen) atoms. The molecule has 1 aliphatic rings. The molecule has 5 aromatic rings. The normalized spacial score (nSPS) is 14.1. The fraction of sp³-hybridized carbons (Fsp3) is 0.167. The van der Waals surface area contributed by atoms with Crippen molar-refractivity contribution in [2.24, 2.45) is 0 Å². The largest absolute Gasteiger partial charge is 0.467 e. The number of hydrogen-bond donors (Lipinski definition) is 0. The highest BCUT2D eigenvalue weighted by atomic mass is 35.5. The molecule has 0 radical (unpaired) electrons. The van der Waals surface area contributed by atoms with Crippen LogP contribution < -0.4 is 9.64 Å². The molecule has 0 atom stereocenters. The first-order chi connectivity index (χ1) is 20.4. The quantitative estimate of drug-likeness (QED) is 0.215. The van der Waals surface area contributed by atoms with Gasteiger partial charge in [-0.2, -0.15) is 9.97 Å². The number of ether oxygens (including phenoxy) is 1. The van der Waals surface area contributed by atoms with Gasteiger partial charge in [-0.3, -0.25) is 4.79 Å². The minimum atomic E-state index is -0.960. The topological polar surface area (TPSA) is 84.3 Å². The molecule has 6 rings (SSSR count). The number of rotatable bonds is 5. The van der Waals surface area contributed by atoms with E-state index in [0.29, 0.717) is 40.3 Å². The summed E-state index contributed by atoms with van der Waals surface area (Å²) in [4.78, 5) is 32.6. The molecule has 2 aromatic heterocycles. The first-order valence-electron chi connectivity index (χ1n) is 13.0. The fourth-order valence-corrected chi connectivity index (χ4v) is 5.65. The summed E-state index contributed by atoms with van der Waals surface area (Å²) in [5, 5.41) is 2.51. The number of fused-ring (bicyclic) bond motifs is 2. The van der Waals surface area contributed by atoms with Gasteiger partial charge in [-0.15, -0.1) is 0 Å². The monoisotopic (exact) mass is 606 g/mol. The standard InChI is InChI=1S/C30H22Cl2F2N6O2/c1-42-30-37-27-19(15-21(32)25(26(27)34)18-7-2-5-17-6-3-8-20(31)24(17)18)28(38-30)39-11-13-40(14-12-39)29(41)22(33)16-23-35-9-4-10-36-23/h2-10,15-16H,11-14H2,1H3/b22-16-. The van der Waals surface area contributed by atoms with Crippen molar-refractivity contribution in [2.75, 3.05) is 38.2 Å². The summed E-state index contributed by atoms with van der Waals surface area (Å²) in [5.74, 6) is -1.87. The Kier molecular flexibility index (Phi) is 7.57. The lowest BCUT2D eigenvalue weighted by Crippen LogP contribution is -2.49. The van der Waals surface area contributed by atoms with E-state index >= 15 is 4.39 Å². The van der Waals surface area contributed by atoms with Gasteiger partial charge >= 0.3 is 6.01 Å². The molecule has 12 heteroatoms. The highest BCUT2D eigenvalue weighted by Gasteiger charge is 2.28. The van der Waals surface area contributed by atoms with Gasteiger partial charge in [0.15, 0.2) is 17.5 Å². The lowest BCUT2D eigenvalue weighted by molar-refractivity contribution is -0.128. The smallest absolute Gasteiger partial charge is 0.318 e. The number of aromatic nitrogens is 4. The zero-order valence-electron chi connectivity index (χ0n) is 22.2. The molecule has 0 unspecified atom stereocenters. The number of benzene rings is 3. The number of anilines is 1. The van der Waals surface area contributed by atoms with Crippen molar-refractivity contribution < 1.29 is 18.3 Å². The SMILES string of the molecule is COc1nc(N2CCN(C(=O)/C(F)=C/c3ncccn3)CC2)c2cc(Cl)c(-c3cccc4cccc(Cl)c34)c(F)c2n1. The van der Waals surface area contributed by atoms with Gasteiger partial charge < -0.3 is 14.5 Å². The second-order valence-electron chi connectivity index (χ2n) is 9.50. The summed E-state index contributed by atoms with van der Waals surface area (Å²) in [6, 6.07) is 14.1. The summed E-state index contributed by atoms with van der Waals surface area (Å²) in [6.45, 7) is 1.00. The van der Waals surface area contributed by atoms with E-state index in [0.717, 1.165) is 11.5 Å². The second kappa shape index (κ2) is 11.5. The molecule has 1 aliphatic heterocycles. The zero-order chi connectivity index (χ0) is 29.4. The van der Waals surface area contributed by atoms with Crippen LogP contribution in [0.5, 0.6) is 6.01 Å². The second-order valence-corrected chi connectivity index (χ2v) is 10.3. The van der Waals surface area contributed by atoms with Gasteiger partial charge in [0.25, 0.3) is 5.91 Å². The van der Waals surface area contributed by atoms with Gasteiger partial charge in [-0.05, 0) is 29.1 Å². The Morgan fingerprint density at radius 3 is 2.40 bits per heavy atom. The van der Waals surface area contributed by atoms with E-state index in [9.17, 15) is 9.18 Å². The highest BCUT2D eigenvalue weighted by molar-refractivity contribution is 6.38. The van der Waals surface area contributed by atoms with Crippen LogP contribution in [-0.2, 0) is 4.79 Å². The molecular formula is C30H22Cl2F2N6O2. The number of methoxy groups -OCH3 is 1. The third-order valence-corrected chi connectivity index (χ3v) is 7.67. The van der Waals surface area contributed by atoms with Crippen LogP contribution >= 0.6 is 23.2 Å². The fourth-order valence-electron chi connectivity index (χ4n) is 5.08. The Morgan fingerprint density at radius 2 is 1.69 bits per heavy atom. The Morgan fingerprint density at radius 1 is 0.976 bits per heavy atom. The molecule has 0 saturated carbocycles. The minimum absolute atomic E-state index is 0.0238. The maximum Gasteiger partial charge on any atom is 0.318 e. The van der Waals surface area contributed by atoms with Crippen LogP contribution in [0.15, 0.2) is 66.8 Å². The van der Waals surface area contributed by atoms with Crippen molar-refractivity contribution in [1.82, 2.24) is 24.8 Å². The molecule has 0 bridgehead atoms. The summed E-state index contributed by atoms with van der Waals surface area (Å²) in [7, 11) is 1.40. The van der Waals surface area contributed by atoms with Crippen LogP contribution in [0.3, 0.4) is 0 Å². The average Bonchev–Trinajstić information content (AvgIpc) is 3.01. The van der Waals surface area contributed by atoms with E-state index in [4.69, 9.17) is 27.9 Å². The first-order valence-corrected chi connectivity index (χ1v) is 13.7. The number of carbonyl (C=O) groups is 1. The molecule has 0 spiro atoms. The molecule has 3 heterocycles. The lowest BCUT2D eigenvalue weighted by Gasteiger charge is -2.35. The van der Waals surface area contributed by atoms with Crippen LogP contribution in [0.2, 0.25) is 10.0 Å². The number of piperazine rings is 1. The average molecular weight is 607 g/mol. The van der Waals surface area contributed by atoms with Gasteiger partial charge in [0.05, 0.1) is 12.1 Å². The summed E-state index contributed by atoms with van der Waals surface area (Å²) in [5.41, 5.74) is 0.718. The summed E-state index contributed by atoms with van der Waals surface area (Å²) in [6.07, 6.45) is 3.93. The van der Waals surface area contributed by atoms with E-state index in [1.54, 1.807) is 24.3 Å². The van der Waals surface area contributed by atoms with E-state index in [1.165, 1.54) is 24.4 Å². The Labute approximate surface area is 249 Å². The predicted octanol–water partition coefficient (Wildman–Crippen LogP) is 6.35. The van der Waals surface area contributed by atoms with Crippen molar-refractivity contribution >= 4 is 62.7 Å². The third-order valence-electron chi connectivity index (χ3n) is 7.06. The molecule has 0 aliphatic carbocycles. The van der Waals surface area contributed by atoms with Crippen LogP contribution in [0.25, 0.3) is 38.9 Å². The van der Waals surface area contributed by atoms with E-state index in [-0.39, 0.29) is 41.0 Å². The third kappa shape index (κ3) is 5.08. The van der Waals surface area contributed by atoms with Gasteiger partial charge in [0.2, 0.25) is 0 Å². The van der Waals surface area contributed by atoms with Crippen LogP contribution in [0.4, 0.5) is 14.6 Å². The van der Waals surface area contributed by atoms with Crippen LogP contribution in [-0.4, -0.2) is 64.0 Å². The van der Waals surface area contributed by atoms with E-state index < -0.39 is 17.6 Å². The molecule has 1 amide bonds. The Balaban J connectivity index is 1.35. The number of amides is 1. The van der Waals surface area contributed by atoms with E-state index in [1.807, 2.05) is 29.2 Å².